The molecule has 4 heteroatoms. The molecule has 16 heavy (non-hydrogen) atoms. The molecule has 3 rings (SSSR count). The molecular formula is C12H15NO3. The van der Waals surface area contributed by atoms with Gasteiger partial charge in [0.15, 0.2) is 5.89 Å². The zero-order chi connectivity index (χ0) is 11.1. The molecule has 1 aromatic rings. The van der Waals surface area contributed by atoms with Crippen molar-refractivity contribution in [1.29, 1.82) is 0 Å². The minimum Gasteiger partial charge on any atom is -0.475 e. The van der Waals surface area contributed by atoms with E-state index in [0.717, 1.165) is 19.3 Å². The lowest BCUT2D eigenvalue weighted by atomic mass is 9.83. The highest BCUT2D eigenvalue weighted by atomic mass is 16.4. The maximum atomic E-state index is 11.0. The Bertz CT molecular complexity index is 416. The smallest absolute Gasteiger partial charge is 0.373 e. The minimum atomic E-state index is -0.978. The maximum absolute atomic E-state index is 11.0. The highest BCUT2D eigenvalue weighted by Crippen LogP contribution is 2.42. The van der Waals surface area contributed by atoms with Crippen LogP contribution in [0, 0.1) is 5.92 Å². The Labute approximate surface area is 93.7 Å². The monoisotopic (exact) mass is 221 g/mol. The van der Waals surface area contributed by atoms with Gasteiger partial charge in [-0.15, -0.1) is 0 Å². The van der Waals surface area contributed by atoms with Gasteiger partial charge in [-0.3, -0.25) is 0 Å². The van der Waals surface area contributed by atoms with E-state index in [1.54, 1.807) is 0 Å². The van der Waals surface area contributed by atoms with E-state index in [2.05, 4.69) is 4.98 Å². The molecule has 86 valence electrons. The molecule has 0 bridgehead atoms. The van der Waals surface area contributed by atoms with Gasteiger partial charge in [-0.25, -0.2) is 9.78 Å². The Morgan fingerprint density at radius 2 is 2.12 bits per heavy atom. The number of oxazole rings is 1. The second-order valence-corrected chi connectivity index (χ2v) is 4.90. The van der Waals surface area contributed by atoms with Crippen LogP contribution in [0.4, 0.5) is 0 Å². The second-order valence-electron chi connectivity index (χ2n) is 4.90. The first-order valence-electron chi connectivity index (χ1n) is 5.97. The van der Waals surface area contributed by atoms with Crippen molar-refractivity contribution in [3.8, 4) is 0 Å². The van der Waals surface area contributed by atoms with Gasteiger partial charge in [-0.05, 0) is 31.6 Å². The SMILES string of the molecule is O=C(O)c1oc(CC2CCC2)nc1C1CC1. The van der Waals surface area contributed by atoms with Gasteiger partial charge in [-0.1, -0.05) is 6.42 Å². The van der Waals surface area contributed by atoms with Crippen molar-refractivity contribution in [3.63, 3.8) is 0 Å². The predicted molar refractivity (Wildman–Crippen MR) is 56.5 cm³/mol. The second kappa shape index (κ2) is 3.61. The fourth-order valence-corrected chi connectivity index (χ4v) is 2.20. The molecule has 0 spiro atoms. The van der Waals surface area contributed by atoms with Gasteiger partial charge in [0.2, 0.25) is 5.76 Å². The summed E-state index contributed by atoms with van der Waals surface area (Å²) in [7, 11) is 0. The molecule has 0 aliphatic heterocycles. The number of aromatic carboxylic acids is 1. The molecule has 0 unspecified atom stereocenters. The van der Waals surface area contributed by atoms with Crippen molar-refractivity contribution in [2.24, 2.45) is 5.92 Å². The Balaban J connectivity index is 1.82. The van der Waals surface area contributed by atoms with E-state index in [4.69, 9.17) is 9.52 Å². The predicted octanol–water partition coefficient (Wildman–Crippen LogP) is 2.59. The number of carboxylic acid groups (broad SMARTS) is 1. The van der Waals surface area contributed by atoms with Crippen LogP contribution in [0.2, 0.25) is 0 Å². The average molecular weight is 221 g/mol. The van der Waals surface area contributed by atoms with Gasteiger partial charge in [0.1, 0.15) is 0 Å². The quantitative estimate of drug-likeness (QED) is 0.848. The molecule has 0 saturated heterocycles. The molecule has 2 aliphatic carbocycles. The van der Waals surface area contributed by atoms with Crippen molar-refractivity contribution >= 4 is 5.97 Å². The summed E-state index contributed by atoms with van der Waals surface area (Å²) in [6, 6.07) is 0. The van der Waals surface area contributed by atoms with E-state index < -0.39 is 5.97 Å². The summed E-state index contributed by atoms with van der Waals surface area (Å²) in [5.41, 5.74) is 0.682. The van der Waals surface area contributed by atoms with Crippen molar-refractivity contribution < 1.29 is 14.3 Å². The van der Waals surface area contributed by atoms with Crippen LogP contribution in [0.3, 0.4) is 0 Å². The Morgan fingerprint density at radius 1 is 1.38 bits per heavy atom. The number of carboxylic acids is 1. The van der Waals surface area contributed by atoms with Crippen molar-refractivity contribution in [2.45, 2.75) is 44.4 Å². The molecule has 1 heterocycles. The number of rotatable bonds is 4. The number of hydrogen-bond donors (Lipinski definition) is 1. The van der Waals surface area contributed by atoms with E-state index >= 15 is 0 Å². The summed E-state index contributed by atoms with van der Waals surface area (Å²) >= 11 is 0. The summed E-state index contributed by atoms with van der Waals surface area (Å²) in [5.74, 6) is 0.729. The van der Waals surface area contributed by atoms with Crippen molar-refractivity contribution in [1.82, 2.24) is 4.98 Å². The van der Waals surface area contributed by atoms with Gasteiger partial charge in [0, 0.05) is 12.3 Å². The maximum Gasteiger partial charge on any atom is 0.373 e. The third kappa shape index (κ3) is 1.72. The van der Waals surface area contributed by atoms with Crippen LogP contribution in [0.1, 0.15) is 60.2 Å². The van der Waals surface area contributed by atoms with Gasteiger partial charge < -0.3 is 9.52 Å². The van der Waals surface area contributed by atoms with Crippen LogP contribution in [-0.4, -0.2) is 16.1 Å². The van der Waals surface area contributed by atoms with E-state index in [9.17, 15) is 4.79 Å². The van der Waals surface area contributed by atoms with Gasteiger partial charge >= 0.3 is 5.97 Å². The van der Waals surface area contributed by atoms with Crippen LogP contribution < -0.4 is 0 Å². The zero-order valence-electron chi connectivity index (χ0n) is 9.11. The summed E-state index contributed by atoms with van der Waals surface area (Å²) in [5, 5.41) is 9.03. The third-order valence-electron chi connectivity index (χ3n) is 3.54. The number of aromatic nitrogens is 1. The molecule has 0 atom stereocenters. The Hall–Kier alpha value is -1.32. The van der Waals surface area contributed by atoms with E-state index in [-0.39, 0.29) is 5.76 Å². The first kappa shape index (κ1) is 9.87. The van der Waals surface area contributed by atoms with E-state index in [1.807, 2.05) is 0 Å². The lowest BCUT2D eigenvalue weighted by molar-refractivity contribution is 0.0657. The van der Waals surface area contributed by atoms with Gasteiger partial charge in [0.25, 0.3) is 0 Å². The number of nitrogens with zero attached hydrogens (tertiary/aromatic N) is 1. The van der Waals surface area contributed by atoms with E-state index in [0.29, 0.717) is 23.4 Å². The van der Waals surface area contributed by atoms with E-state index in [1.165, 1.54) is 19.3 Å². The fourth-order valence-electron chi connectivity index (χ4n) is 2.20. The largest absolute Gasteiger partial charge is 0.475 e. The first-order valence-corrected chi connectivity index (χ1v) is 5.97. The molecular weight excluding hydrogens is 206 g/mol. The Morgan fingerprint density at radius 3 is 2.62 bits per heavy atom. The molecule has 2 saturated carbocycles. The molecule has 0 aromatic carbocycles. The molecule has 2 fully saturated rings. The standard InChI is InChI=1S/C12H15NO3/c14-12(15)11-10(8-4-5-8)13-9(16-11)6-7-2-1-3-7/h7-8H,1-6H2,(H,14,15). The summed E-state index contributed by atoms with van der Waals surface area (Å²) in [4.78, 5) is 15.4. The Kier molecular flexibility index (Phi) is 2.23. The van der Waals surface area contributed by atoms with Crippen molar-refractivity contribution in [3.05, 3.63) is 17.3 Å². The molecule has 1 N–H and O–H groups in total. The normalized spacial score (nSPS) is 20.8. The highest BCUT2D eigenvalue weighted by molar-refractivity contribution is 5.85. The highest BCUT2D eigenvalue weighted by Gasteiger charge is 2.34. The number of hydrogen-bond acceptors (Lipinski definition) is 3. The van der Waals surface area contributed by atoms with Gasteiger partial charge in [-0.2, -0.15) is 0 Å². The third-order valence-corrected chi connectivity index (χ3v) is 3.54. The van der Waals surface area contributed by atoms with Crippen LogP contribution in [0.15, 0.2) is 4.42 Å². The molecule has 1 aromatic heterocycles. The van der Waals surface area contributed by atoms with Crippen LogP contribution in [-0.2, 0) is 6.42 Å². The molecule has 4 nitrogen and oxygen atoms in total. The zero-order valence-corrected chi connectivity index (χ0v) is 9.11. The summed E-state index contributed by atoms with van der Waals surface area (Å²) < 4.78 is 5.37. The summed E-state index contributed by atoms with van der Waals surface area (Å²) in [6.45, 7) is 0. The lowest BCUT2D eigenvalue weighted by Crippen LogP contribution is -2.13. The molecule has 2 aliphatic rings. The van der Waals surface area contributed by atoms with Crippen LogP contribution >= 0.6 is 0 Å². The topological polar surface area (TPSA) is 63.3 Å². The average Bonchev–Trinajstić information content (AvgIpc) is 2.93. The van der Waals surface area contributed by atoms with Crippen LogP contribution in [0.25, 0.3) is 0 Å². The molecule has 0 radical (unpaired) electrons. The fraction of sp³-hybridized carbons (Fsp3) is 0.667. The molecule has 0 amide bonds. The summed E-state index contributed by atoms with van der Waals surface area (Å²) in [6.07, 6.45) is 6.65. The minimum absolute atomic E-state index is 0.0804. The van der Waals surface area contributed by atoms with Gasteiger partial charge in [0.05, 0.1) is 5.69 Å². The van der Waals surface area contributed by atoms with Crippen molar-refractivity contribution in [2.75, 3.05) is 0 Å². The van der Waals surface area contributed by atoms with Crippen LogP contribution in [0.5, 0.6) is 0 Å². The lowest BCUT2D eigenvalue weighted by Gasteiger charge is -2.23. The first-order chi connectivity index (χ1) is 7.74. The number of carbonyl (C=O) groups is 1.